The highest BCUT2D eigenvalue weighted by Crippen LogP contribution is 2.23. The van der Waals surface area contributed by atoms with Gasteiger partial charge in [-0.1, -0.05) is 18.2 Å². The van der Waals surface area contributed by atoms with E-state index in [2.05, 4.69) is 23.5 Å². The van der Waals surface area contributed by atoms with E-state index in [0.29, 0.717) is 5.91 Å². The number of fused-ring (bicyclic) bond motifs is 1. The molecule has 0 saturated carbocycles. The molecule has 0 aromatic heterocycles. The summed E-state index contributed by atoms with van der Waals surface area (Å²) in [6.45, 7) is 2.53. The fourth-order valence-corrected chi connectivity index (χ4v) is 2.96. The van der Waals surface area contributed by atoms with E-state index in [1.54, 1.807) is 0 Å². The molecule has 0 spiro atoms. The van der Waals surface area contributed by atoms with Crippen LogP contribution in [0.3, 0.4) is 0 Å². The lowest BCUT2D eigenvalue weighted by atomic mass is 10.0. The molecule has 0 atom stereocenters. The summed E-state index contributed by atoms with van der Waals surface area (Å²) >= 11 is 0. The molecule has 19 heavy (non-hydrogen) atoms. The Hall–Kier alpha value is -1.35. The second kappa shape index (κ2) is 5.33. The Morgan fingerprint density at radius 1 is 1.32 bits per heavy atom. The maximum absolute atomic E-state index is 12.0. The van der Waals surface area contributed by atoms with E-state index >= 15 is 0 Å². The fraction of sp³-hybridized carbons (Fsp3) is 0.562. The molecule has 3 nitrogen and oxygen atoms in total. The molecule has 1 aliphatic carbocycles. The first-order valence-electron chi connectivity index (χ1n) is 7.30. The van der Waals surface area contributed by atoms with Crippen molar-refractivity contribution < 1.29 is 4.79 Å². The molecular formula is C16H22N2O. The standard InChI is InChI=1S/C16H22N2O/c1-18(16(19)15-10-17-11-15)8-7-12-5-6-13-3-2-4-14(13)9-12/h5-6,9,15,17H,2-4,7-8,10-11H2,1H3. The van der Waals surface area contributed by atoms with Gasteiger partial charge in [-0.05, 0) is 42.4 Å². The Balaban J connectivity index is 1.55. The van der Waals surface area contributed by atoms with E-state index in [4.69, 9.17) is 0 Å². The van der Waals surface area contributed by atoms with Crippen LogP contribution in [-0.2, 0) is 24.1 Å². The molecule has 2 aliphatic rings. The highest BCUT2D eigenvalue weighted by Gasteiger charge is 2.27. The van der Waals surface area contributed by atoms with Crippen LogP contribution in [0.4, 0.5) is 0 Å². The summed E-state index contributed by atoms with van der Waals surface area (Å²) in [6.07, 6.45) is 4.73. The summed E-state index contributed by atoms with van der Waals surface area (Å²) < 4.78 is 0. The lowest BCUT2D eigenvalue weighted by Gasteiger charge is -2.30. The number of carbonyl (C=O) groups excluding carboxylic acids is 1. The zero-order valence-electron chi connectivity index (χ0n) is 11.6. The van der Waals surface area contributed by atoms with Gasteiger partial charge in [-0.25, -0.2) is 0 Å². The minimum atomic E-state index is 0.213. The van der Waals surface area contributed by atoms with Gasteiger partial charge in [-0.15, -0.1) is 0 Å². The van der Waals surface area contributed by atoms with Crippen LogP contribution >= 0.6 is 0 Å². The SMILES string of the molecule is CN(CCc1ccc2c(c1)CCC2)C(=O)C1CNC1. The minimum Gasteiger partial charge on any atom is -0.345 e. The van der Waals surface area contributed by atoms with Gasteiger partial charge < -0.3 is 10.2 Å². The average Bonchev–Trinajstić information content (AvgIpc) is 2.80. The quantitative estimate of drug-likeness (QED) is 0.885. The molecule has 0 bridgehead atoms. The first kappa shape index (κ1) is 12.7. The average molecular weight is 258 g/mol. The predicted octanol–water partition coefficient (Wildman–Crippen LogP) is 1.40. The third-order valence-corrected chi connectivity index (χ3v) is 4.41. The molecule has 0 radical (unpaired) electrons. The number of carbonyl (C=O) groups is 1. The Kier molecular flexibility index (Phi) is 3.56. The van der Waals surface area contributed by atoms with Crippen LogP contribution in [0, 0.1) is 5.92 Å². The van der Waals surface area contributed by atoms with Crippen molar-refractivity contribution in [3.63, 3.8) is 0 Å². The maximum Gasteiger partial charge on any atom is 0.228 e. The van der Waals surface area contributed by atoms with Crippen molar-refractivity contribution in [1.29, 1.82) is 0 Å². The molecule has 1 heterocycles. The van der Waals surface area contributed by atoms with Gasteiger partial charge in [0.05, 0.1) is 5.92 Å². The van der Waals surface area contributed by atoms with E-state index < -0.39 is 0 Å². The predicted molar refractivity (Wildman–Crippen MR) is 76.2 cm³/mol. The molecule has 1 N–H and O–H groups in total. The molecule has 3 rings (SSSR count). The van der Waals surface area contributed by atoms with Gasteiger partial charge in [0.15, 0.2) is 0 Å². The molecule has 1 aromatic rings. The van der Waals surface area contributed by atoms with Crippen LogP contribution in [0.2, 0.25) is 0 Å². The summed E-state index contributed by atoms with van der Waals surface area (Å²) in [6, 6.07) is 6.84. The van der Waals surface area contributed by atoms with Crippen molar-refractivity contribution in [3.05, 3.63) is 34.9 Å². The Bertz CT molecular complexity index is 480. The van der Waals surface area contributed by atoms with Gasteiger partial charge in [0.2, 0.25) is 5.91 Å². The summed E-state index contributed by atoms with van der Waals surface area (Å²) in [5.41, 5.74) is 4.41. The van der Waals surface area contributed by atoms with Crippen molar-refractivity contribution in [1.82, 2.24) is 10.2 Å². The number of likely N-dealkylation sites (N-methyl/N-ethyl adjacent to an activating group) is 1. The van der Waals surface area contributed by atoms with Gasteiger partial charge in [0.25, 0.3) is 0 Å². The van der Waals surface area contributed by atoms with E-state index in [0.717, 1.165) is 26.1 Å². The Labute approximate surface area is 115 Å². The second-order valence-electron chi connectivity index (χ2n) is 5.82. The normalized spacial score (nSPS) is 17.9. The van der Waals surface area contributed by atoms with Crippen molar-refractivity contribution >= 4 is 5.91 Å². The first-order chi connectivity index (χ1) is 9.24. The minimum absolute atomic E-state index is 0.213. The zero-order valence-corrected chi connectivity index (χ0v) is 11.6. The molecule has 1 fully saturated rings. The van der Waals surface area contributed by atoms with Gasteiger partial charge in [0.1, 0.15) is 0 Å². The van der Waals surface area contributed by atoms with Gasteiger partial charge >= 0.3 is 0 Å². The van der Waals surface area contributed by atoms with Gasteiger partial charge in [-0.3, -0.25) is 4.79 Å². The lowest BCUT2D eigenvalue weighted by molar-refractivity contribution is -0.135. The summed E-state index contributed by atoms with van der Waals surface area (Å²) in [5.74, 6) is 0.505. The first-order valence-corrected chi connectivity index (χ1v) is 7.30. The third kappa shape index (κ3) is 2.66. The molecule has 3 heteroatoms. The number of hydrogen-bond acceptors (Lipinski definition) is 2. The van der Waals surface area contributed by atoms with Crippen molar-refractivity contribution in [3.8, 4) is 0 Å². The number of benzene rings is 1. The Morgan fingerprint density at radius 2 is 2.11 bits per heavy atom. The van der Waals surface area contributed by atoms with E-state index in [9.17, 15) is 4.79 Å². The van der Waals surface area contributed by atoms with Gasteiger partial charge in [0, 0.05) is 26.7 Å². The molecule has 102 valence electrons. The molecule has 1 saturated heterocycles. The highest BCUT2D eigenvalue weighted by molar-refractivity contribution is 5.79. The van der Waals surface area contributed by atoms with Crippen LogP contribution in [0.1, 0.15) is 23.1 Å². The van der Waals surface area contributed by atoms with Crippen LogP contribution in [-0.4, -0.2) is 37.5 Å². The van der Waals surface area contributed by atoms with E-state index in [-0.39, 0.29) is 5.92 Å². The fourth-order valence-electron chi connectivity index (χ4n) is 2.96. The number of rotatable bonds is 4. The van der Waals surface area contributed by atoms with Crippen LogP contribution in [0.25, 0.3) is 0 Å². The van der Waals surface area contributed by atoms with Crippen LogP contribution < -0.4 is 5.32 Å². The van der Waals surface area contributed by atoms with Crippen molar-refractivity contribution in [2.45, 2.75) is 25.7 Å². The van der Waals surface area contributed by atoms with E-state index in [1.807, 2.05) is 11.9 Å². The number of hydrogen-bond donors (Lipinski definition) is 1. The maximum atomic E-state index is 12.0. The molecular weight excluding hydrogens is 236 g/mol. The van der Waals surface area contributed by atoms with Crippen molar-refractivity contribution in [2.24, 2.45) is 5.92 Å². The number of nitrogens with one attached hydrogen (secondary N) is 1. The topological polar surface area (TPSA) is 32.3 Å². The monoisotopic (exact) mass is 258 g/mol. The molecule has 1 aliphatic heterocycles. The molecule has 1 aromatic carbocycles. The van der Waals surface area contributed by atoms with Crippen LogP contribution in [0.15, 0.2) is 18.2 Å². The zero-order chi connectivity index (χ0) is 13.2. The smallest absolute Gasteiger partial charge is 0.228 e. The summed E-state index contributed by atoms with van der Waals surface area (Å²) in [7, 11) is 1.92. The lowest BCUT2D eigenvalue weighted by Crippen LogP contribution is -2.51. The highest BCUT2D eigenvalue weighted by atomic mass is 16.2. The third-order valence-electron chi connectivity index (χ3n) is 4.41. The largest absolute Gasteiger partial charge is 0.345 e. The molecule has 0 unspecified atom stereocenters. The number of nitrogens with zero attached hydrogens (tertiary/aromatic N) is 1. The number of aryl methyl sites for hydroxylation is 2. The Morgan fingerprint density at radius 3 is 2.84 bits per heavy atom. The number of amides is 1. The summed E-state index contributed by atoms with van der Waals surface area (Å²) in [5, 5.41) is 3.15. The summed E-state index contributed by atoms with van der Waals surface area (Å²) in [4.78, 5) is 13.9. The van der Waals surface area contributed by atoms with E-state index in [1.165, 1.54) is 36.0 Å². The van der Waals surface area contributed by atoms with Crippen LogP contribution in [0.5, 0.6) is 0 Å². The molecule has 1 amide bonds. The van der Waals surface area contributed by atoms with Crippen molar-refractivity contribution in [2.75, 3.05) is 26.7 Å². The van der Waals surface area contributed by atoms with Gasteiger partial charge in [-0.2, -0.15) is 0 Å². The second-order valence-corrected chi connectivity index (χ2v) is 5.82.